The molecule has 0 bridgehead atoms. The first kappa shape index (κ1) is 16.5. The first-order valence-electron chi connectivity index (χ1n) is 7.73. The number of aromatic amines is 1. The van der Waals surface area contributed by atoms with E-state index in [1.54, 1.807) is 23.2 Å². The van der Waals surface area contributed by atoms with E-state index in [0.717, 1.165) is 12.8 Å². The van der Waals surface area contributed by atoms with Crippen molar-refractivity contribution < 1.29 is 14.3 Å². The Hall–Kier alpha value is -1.82. The van der Waals surface area contributed by atoms with Gasteiger partial charge in [-0.3, -0.25) is 4.79 Å². The monoisotopic (exact) mass is 307 g/mol. The highest BCUT2D eigenvalue weighted by atomic mass is 16.6. The van der Waals surface area contributed by atoms with Gasteiger partial charge in [-0.05, 0) is 45.7 Å². The van der Waals surface area contributed by atoms with Crippen LogP contribution >= 0.6 is 0 Å². The number of likely N-dealkylation sites (tertiary alicyclic amines) is 1. The van der Waals surface area contributed by atoms with Gasteiger partial charge in [0.1, 0.15) is 5.60 Å². The number of ketones is 1. The molecule has 1 saturated heterocycles. The van der Waals surface area contributed by atoms with Gasteiger partial charge >= 0.3 is 6.09 Å². The number of carbonyl (C=O) groups excluding carboxylic acids is 2. The van der Waals surface area contributed by atoms with E-state index in [2.05, 4.69) is 10.3 Å². The molecule has 0 spiro atoms. The van der Waals surface area contributed by atoms with Crippen molar-refractivity contribution in [3.05, 3.63) is 24.0 Å². The largest absolute Gasteiger partial charge is 0.444 e. The molecule has 6 nitrogen and oxygen atoms in total. The van der Waals surface area contributed by atoms with Gasteiger partial charge in [-0.2, -0.15) is 0 Å². The van der Waals surface area contributed by atoms with Crippen LogP contribution in [0.2, 0.25) is 0 Å². The number of hydrogen-bond donors (Lipinski definition) is 2. The smallest absolute Gasteiger partial charge is 0.410 e. The third kappa shape index (κ3) is 4.87. The molecule has 1 aromatic heterocycles. The average Bonchev–Trinajstić information content (AvgIpc) is 2.97. The summed E-state index contributed by atoms with van der Waals surface area (Å²) in [6.07, 6.45) is 3.32. The number of rotatable bonds is 4. The zero-order chi connectivity index (χ0) is 16.2. The molecule has 1 atom stereocenters. The van der Waals surface area contributed by atoms with E-state index in [1.807, 2.05) is 20.8 Å². The van der Waals surface area contributed by atoms with Crippen LogP contribution in [-0.2, 0) is 4.74 Å². The molecule has 6 heteroatoms. The lowest BCUT2D eigenvalue weighted by atomic mass is 10.1. The SMILES string of the molecule is CC(C)(C)OC(=O)N1CCC[C@H](NCC(=O)c2ccc[nH]2)C1. The number of hydrogen-bond acceptors (Lipinski definition) is 4. The van der Waals surface area contributed by atoms with Gasteiger partial charge in [-0.1, -0.05) is 0 Å². The Balaban J connectivity index is 1.80. The summed E-state index contributed by atoms with van der Waals surface area (Å²) >= 11 is 0. The van der Waals surface area contributed by atoms with Gasteiger partial charge in [0, 0.05) is 25.3 Å². The fraction of sp³-hybridized carbons (Fsp3) is 0.625. The number of Topliss-reactive ketones (excluding diaryl/α,β-unsaturated/α-hetero) is 1. The van der Waals surface area contributed by atoms with Crippen LogP contribution in [0.3, 0.4) is 0 Å². The fourth-order valence-electron chi connectivity index (χ4n) is 2.47. The number of piperidine rings is 1. The summed E-state index contributed by atoms with van der Waals surface area (Å²) in [6, 6.07) is 3.69. The van der Waals surface area contributed by atoms with E-state index in [-0.39, 0.29) is 24.5 Å². The Morgan fingerprint density at radius 1 is 1.45 bits per heavy atom. The van der Waals surface area contributed by atoms with Crippen molar-refractivity contribution in [2.45, 2.75) is 45.3 Å². The van der Waals surface area contributed by atoms with E-state index < -0.39 is 5.60 Å². The molecule has 1 fully saturated rings. The van der Waals surface area contributed by atoms with E-state index >= 15 is 0 Å². The zero-order valence-electron chi connectivity index (χ0n) is 13.5. The summed E-state index contributed by atoms with van der Waals surface area (Å²) in [5, 5.41) is 3.24. The molecule has 1 aliphatic rings. The summed E-state index contributed by atoms with van der Waals surface area (Å²) in [4.78, 5) is 28.7. The minimum atomic E-state index is -0.485. The van der Waals surface area contributed by atoms with Crippen LogP contribution in [0.25, 0.3) is 0 Å². The molecule has 2 N–H and O–H groups in total. The predicted molar refractivity (Wildman–Crippen MR) is 84.0 cm³/mol. The number of nitrogens with one attached hydrogen (secondary N) is 2. The normalized spacial score (nSPS) is 19.0. The molecule has 0 saturated carbocycles. The van der Waals surface area contributed by atoms with Crippen molar-refractivity contribution in [2.24, 2.45) is 0 Å². The Kier molecular flexibility index (Phi) is 5.24. The Morgan fingerprint density at radius 3 is 2.86 bits per heavy atom. The molecule has 0 aromatic carbocycles. The number of H-pyrrole nitrogens is 1. The van der Waals surface area contributed by atoms with E-state index in [4.69, 9.17) is 4.74 Å². The Bertz CT molecular complexity index is 505. The lowest BCUT2D eigenvalue weighted by Crippen LogP contribution is -2.50. The third-order valence-corrected chi connectivity index (χ3v) is 3.52. The molecule has 2 heterocycles. The highest BCUT2D eigenvalue weighted by Gasteiger charge is 2.27. The van der Waals surface area contributed by atoms with Crippen LogP contribution in [0.1, 0.15) is 44.1 Å². The molecule has 22 heavy (non-hydrogen) atoms. The Labute approximate surface area is 131 Å². The molecule has 122 valence electrons. The van der Waals surface area contributed by atoms with Gasteiger partial charge in [-0.15, -0.1) is 0 Å². The number of ether oxygens (including phenoxy) is 1. The van der Waals surface area contributed by atoms with Gasteiger partial charge < -0.3 is 19.9 Å². The van der Waals surface area contributed by atoms with Crippen molar-refractivity contribution in [3.8, 4) is 0 Å². The molecule has 0 aliphatic carbocycles. The number of nitrogens with zero attached hydrogens (tertiary/aromatic N) is 1. The Morgan fingerprint density at radius 2 is 2.23 bits per heavy atom. The summed E-state index contributed by atoms with van der Waals surface area (Å²) < 4.78 is 5.40. The third-order valence-electron chi connectivity index (χ3n) is 3.52. The van der Waals surface area contributed by atoms with Crippen LogP contribution < -0.4 is 5.32 Å². The quantitative estimate of drug-likeness (QED) is 0.836. The van der Waals surface area contributed by atoms with Crippen molar-refractivity contribution in [3.63, 3.8) is 0 Å². The van der Waals surface area contributed by atoms with Crippen molar-refractivity contribution in [1.82, 2.24) is 15.2 Å². The molecule has 0 unspecified atom stereocenters. The maximum absolute atomic E-state index is 12.1. The van der Waals surface area contributed by atoms with E-state index in [1.165, 1.54) is 0 Å². The van der Waals surface area contributed by atoms with Gasteiger partial charge in [0.25, 0.3) is 0 Å². The lowest BCUT2D eigenvalue weighted by molar-refractivity contribution is 0.0188. The first-order chi connectivity index (χ1) is 10.3. The average molecular weight is 307 g/mol. The standard InChI is InChI=1S/C16H25N3O3/c1-16(2,3)22-15(21)19-9-5-6-12(11-19)18-10-14(20)13-7-4-8-17-13/h4,7-8,12,17-18H,5-6,9-11H2,1-3H3/t12-/m0/s1. The van der Waals surface area contributed by atoms with Crippen LogP contribution in [0, 0.1) is 0 Å². The van der Waals surface area contributed by atoms with Crippen LogP contribution in [0.15, 0.2) is 18.3 Å². The fourth-order valence-corrected chi connectivity index (χ4v) is 2.47. The van der Waals surface area contributed by atoms with Crippen LogP contribution in [0.4, 0.5) is 4.79 Å². The number of carbonyl (C=O) groups is 2. The topological polar surface area (TPSA) is 74.4 Å². The molecule has 0 radical (unpaired) electrons. The second-order valence-electron chi connectivity index (χ2n) is 6.65. The number of amides is 1. The molecular formula is C16H25N3O3. The maximum atomic E-state index is 12.1. The second kappa shape index (κ2) is 6.96. The predicted octanol–water partition coefficient (Wildman–Crippen LogP) is 2.19. The van der Waals surface area contributed by atoms with Gasteiger partial charge in [0.2, 0.25) is 0 Å². The maximum Gasteiger partial charge on any atom is 0.410 e. The van der Waals surface area contributed by atoms with E-state index in [0.29, 0.717) is 18.8 Å². The van der Waals surface area contributed by atoms with Gasteiger partial charge in [0.15, 0.2) is 5.78 Å². The molecule has 1 aromatic rings. The van der Waals surface area contributed by atoms with Crippen LogP contribution in [-0.4, -0.2) is 53.0 Å². The summed E-state index contributed by atoms with van der Waals surface area (Å²) in [6.45, 7) is 7.14. The second-order valence-corrected chi connectivity index (χ2v) is 6.65. The van der Waals surface area contributed by atoms with Crippen molar-refractivity contribution >= 4 is 11.9 Å². The van der Waals surface area contributed by atoms with Crippen molar-refractivity contribution in [2.75, 3.05) is 19.6 Å². The highest BCUT2D eigenvalue weighted by Crippen LogP contribution is 2.15. The van der Waals surface area contributed by atoms with Gasteiger partial charge in [-0.25, -0.2) is 4.79 Å². The van der Waals surface area contributed by atoms with E-state index in [9.17, 15) is 9.59 Å². The van der Waals surface area contributed by atoms with Gasteiger partial charge in [0.05, 0.1) is 12.2 Å². The molecule has 2 rings (SSSR count). The molecule has 1 aliphatic heterocycles. The minimum absolute atomic E-state index is 0.0272. The summed E-state index contributed by atoms with van der Waals surface area (Å²) in [5.74, 6) is 0.0272. The summed E-state index contributed by atoms with van der Waals surface area (Å²) in [5.41, 5.74) is 0.119. The van der Waals surface area contributed by atoms with Crippen molar-refractivity contribution in [1.29, 1.82) is 0 Å². The number of aromatic nitrogens is 1. The minimum Gasteiger partial charge on any atom is -0.444 e. The van der Waals surface area contributed by atoms with Crippen LogP contribution in [0.5, 0.6) is 0 Å². The molecule has 1 amide bonds. The first-order valence-corrected chi connectivity index (χ1v) is 7.73. The lowest BCUT2D eigenvalue weighted by Gasteiger charge is -2.34. The molecular weight excluding hydrogens is 282 g/mol. The highest BCUT2D eigenvalue weighted by molar-refractivity contribution is 5.95. The zero-order valence-corrected chi connectivity index (χ0v) is 13.5. The summed E-state index contributed by atoms with van der Waals surface area (Å²) in [7, 11) is 0.